The number of pyridine rings is 1. The Labute approximate surface area is 151 Å². The maximum atomic E-state index is 12.5. The standard InChI is InChI=1S/C21H20N4O/c1-25(14-15-8-9-17-16(13-15)5-4-12-22-17)21(26)11-10-20-23-18-6-2-3-7-19(18)24-20/h2-9,12-13H,10-11,14H2,1H3,(H,23,24). The smallest absolute Gasteiger partial charge is 0.223 e. The van der Waals surface area contributed by atoms with Crippen molar-refractivity contribution in [3.63, 3.8) is 0 Å². The molecule has 0 saturated heterocycles. The van der Waals surface area contributed by atoms with Crippen LogP contribution in [-0.4, -0.2) is 32.8 Å². The molecule has 0 unspecified atom stereocenters. The highest BCUT2D eigenvalue weighted by atomic mass is 16.2. The second-order valence-electron chi connectivity index (χ2n) is 6.48. The van der Waals surface area contributed by atoms with Crippen LogP contribution in [-0.2, 0) is 17.8 Å². The molecule has 0 aliphatic heterocycles. The number of imidazole rings is 1. The van der Waals surface area contributed by atoms with E-state index in [-0.39, 0.29) is 5.91 Å². The molecule has 5 nitrogen and oxygen atoms in total. The summed E-state index contributed by atoms with van der Waals surface area (Å²) in [4.78, 5) is 26.4. The third-order valence-corrected chi connectivity index (χ3v) is 4.53. The molecule has 0 bridgehead atoms. The lowest BCUT2D eigenvalue weighted by molar-refractivity contribution is -0.130. The Kier molecular flexibility index (Phi) is 4.35. The zero-order valence-electron chi connectivity index (χ0n) is 14.6. The molecular formula is C21H20N4O. The number of nitrogens with one attached hydrogen (secondary N) is 1. The minimum absolute atomic E-state index is 0.108. The minimum Gasteiger partial charge on any atom is -0.342 e. The van der Waals surface area contributed by atoms with Gasteiger partial charge in [-0.1, -0.05) is 24.3 Å². The molecule has 1 N–H and O–H groups in total. The van der Waals surface area contributed by atoms with Gasteiger partial charge >= 0.3 is 0 Å². The lowest BCUT2D eigenvalue weighted by Crippen LogP contribution is -2.26. The number of nitrogens with zero attached hydrogens (tertiary/aromatic N) is 3. The molecular weight excluding hydrogens is 324 g/mol. The van der Waals surface area contributed by atoms with E-state index < -0.39 is 0 Å². The summed E-state index contributed by atoms with van der Waals surface area (Å²) in [7, 11) is 1.84. The van der Waals surface area contributed by atoms with Crippen LogP contribution >= 0.6 is 0 Å². The highest BCUT2D eigenvalue weighted by Gasteiger charge is 2.11. The van der Waals surface area contributed by atoms with E-state index in [0.29, 0.717) is 19.4 Å². The monoisotopic (exact) mass is 344 g/mol. The van der Waals surface area contributed by atoms with Crippen molar-refractivity contribution >= 4 is 27.8 Å². The number of benzene rings is 2. The predicted octanol–water partition coefficient (Wildman–Crippen LogP) is 3.70. The summed E-state index contributed by atoms with van der Waals surface area (Å²) in [5.41, 5.74) is 4.02. The van der Waals surface area contributed by atoms with E-state index >= 15 is 0 Å². The number of carbonyl (C=O) groups is 1. The van der Waals surface area contributed by atoms with Crippen LogP contribution in [0.15, 0.2) is 60.8 Å². The Bertz CT molecular complexity index is 1040. The van der Waals surface area contributed by atoms with Gasteiger partial charge in [-0.15, -0.1) is 0 Å². The van der Waals surface area contributed by atoms with Gasteiger partial charge in [-0.2, -0.15) is 0 Å². The molecule has 130 valence electrons. The minimum atomic E-state index is 0.108. The lowest BCUT2D eigenvalue weighted by atomic mass is 10.1. The van der Waals surface area contributed by atoms with Gasteiger partial charge < -0.3 is 9.88 Å². The number of para-hydroxylation sites is 2. The van der Waals surface area contributed by atoms with Gasteiger partial charge in [0.15, 0.2) is 0 Å². The van der Waals surface area contributed by atoms with Crippen molar-refractivity contribution in [1.29, 1.82) is 0 Å². The number of fused-ring (bicyclic) bond motifs is 2. The fraction of sp³-hybridized carbons (Fsp3) is 0.190. The van der Waals surface area contributed by atoms with Crippen LogP contribution in [0, 0.1) is 0 Å². The van der Waals surface area contributed by atoms with Crippen molar-refractivity contribution < 1.29 is 4.79 Å². The second kappa shape index (κ2) is 6.96. The molecule has 26 heavy (non-hydrogen) atoms. The average Bonchev–Trinajstić information content (AvgIpc) is 3.09. The van der Waals surface area contributed by atoms with Crippen molar-refractivity contribution in [2.24, 2.45) is 0 Å². The highest BCUT2D eigenvalue weighted by Crippen LogP contribution is 2.15. The first-order chi connectivity index (χ1) is 12.7. The van der Waals surface area contributed by atoms with Crippen LogP contribution < -0.4 is 0 Å². The Balaban J connectivity index is 1.38. The third kappa shape index (κ3) is 3.42. The molecule has 0 aliphatic rings. The molecule has 2 heterocycles. The summed E-state index contributed by atoms with van der Waals surface area (Å²) in [6.45, 7) is 0.587. The van der Waals surface area contributed by atoms with Gasteiger partial charge in [0.1, 0.15) is 5.82 Å². The maximum absolute atomic E-state index is 12.5. The van der Waals surface area contributed by atoms with Crippen molar-refractivity contribution in [3.8, 4) is 0 Å². The first kappa shape index (κ1) is 16.3. The van der Waals surface area contributed by atoms with Gasteiger partial charge in [0.05, 0.1) is 16.6 Å². The average molecular weight is 344 g/mol. The van der Waals surface area contributed by atoms with E-state index in [1.54, 1.807) is 11.1 Å². The zero-order chi connectivity index (χ0) is 17.9. The summed E-state index contributed by atoms with van der Waals surface area (Å²) in [5, 5.41) is 1.09. The molecule has 2 aromatic heterocycles. The number of amides is 1. The van der Waals surface area contributed by atoms with Gasteiger partial charge in [0.2, 0.25) is 5.91 Å². The predicted molar refractivity (Wildman–Crippen MR) is 103 cm³/mol. The number of hydrogen-bond acceptors (Lipinski definition) is 3. The van der Waals surface area contributed by atoms with Gasteiger partial charge in [-0.05, 0) is 35.9 Å². The molecule has 0 spiro atoms. The number of carbonyl (C=O) groups excluding carboxylic acids is 1. The normalized spacial score (nSPS) is 11.1. The summed E-state index contributed by atoms with van der Waals surface area (Å²) in [6.07, 6.45) is 2.83. The van der Waals surface area contributed by atoms with E-state index in [4.69, 9.17) is 0 Å². The fourth-order valence-corrected chi connectivity index (χ4v) is 3.13. The third-order valence-electron chi connectivity index (χ3n) is 4.53. The topological polar surface area (TPSA) is 61.9 Å². The molecule has 0 radical (unpaired) electrons. The Hall–Kier alpha value is -3.21. The first-order valence-electron chi connectivity index (χ1n) is 8.70. The van der Waals surface area contributed by atoms with Crippen molar-refractivity contribution in [1.82, 2.24) is 19.9 Å². The molecule has 0 fully saturated rings. The molecule has 4 aromatic rings. The first-order valence-corrected chi connectivity index (χ1v) is 8.70. The van der Waals surface area contributed by atoms with Gasteiger partial charge in [-0.3, -0.25) is 9.78 Å². The summed E-state index contributed by atoms with van der Waals surface area (Å²) in [6, 6.07) is 18.0. The van der Waals surface area contributed by atoms with Crippen LogP contribution in [0.5, 0.6) is 0 Å². The van der Waals surface area contributed by atoms with Crippen LogP contribution in [0.3, 0.4) is 0 Å². The highest BCUT2D eigenvalue weighted by molar-refractivity contribution is 5.80. The zero-order valence-corrected chi connectivity index (χ0v) is 14.6. The van der Waals surface area contributed by atoms with E-state index in [2.05, 4.69) is 21.0 Å². The van der Waals surface area contributed by atoms with Gasteiger partial charge in [0.25, 0.3) is 0 Å². The van der Waals surface area contributed by atoms with E-state index in [1.807, 2.05) is 55.6 Å². The summed E-state index contributed by atoms with van der Waals surface area (Å²) in [5.74, 6) is 0.960. The fourth-order valence-electron chi connectivity index (χ4n) is 3.13. The number of H-pyrrole nitrogens is 1. The van der Waals surface area contributed by atoms with Gasteiger partial charge in [0, 0.05) is 38.0 Å². The molecule has 0 saturated carbocycles. The SMILES string of the molecule is CN(Cc1ccc2ncccc2c1)C(=O)CCc1nc2ccccc2[nH]1. The molecule has 2 aromatic carbocycles. The van der Waals surface area contributed by atoms with Crippen LogP contribution in [0.2, 0.25) is 0 Å². The number of rotatable bonds is 5. The van der Waals surface area contributed by atoms with Crippen LogP contribution in [0.1, 0.15) is 17.8 Å². The Morgan fingerprint density at radius 3 is 2.85 bits per heavy atom. The lowest BCUT2D eigenvalue weighted by Gasteiger charge is -2.17. The summed E-state index contributed by atoms with van der Waals surface area (Å²) >= 11 is 0. The second-order valence-corrected chi connectivity index (χ2v) is 6.48. The summed E-state index contributed by atoms with van der Waals surface area (Å²) < 4.78 is 0. The van der Waals surface area contributed by atoms with Gasteiger partial charge in [-0.25, -0.2) is 4.98 Å². The number of aromatic nitrogens is 3. The van der Waals surface area contributed by atoms with Crippen molar-refractivity contribution in [3.05, 3.63) is 72.2 Å². The Morgan fingerprint density at radius 1 is 1.08 bits per heavy atom. The van der Waals surface area contributed by atoms with E-state index in [9.17, 15) is 4.79 Å². The van der Waals surface area contributed by atoms with Crippen molar-refractivity contribution in [2.75, 3.05) is 7.05 Å². The van der Waals surface area contributed by atoms with Crippen LogP contribution in [0.4, 0.5) is 0 Å². The van der Waals surface area contributed by atoms with E-state index in [1.165, 1.54) is 0 Å². The molecule has 5 heteroatoms. The van der Waals surface area contributed by atoms with E-state index in [0.717, 1.165) is 33.3 Å². The molecule has 0 atom stereocenters. The quantitative estimate of drug-likeness (QED) is 0.600. The van der Waals surface area contributed by atoms with Crippen LogP contribution in [0.25, 0.3) is 21.9 Å². The van der Waals surface area contributed by atoms with Crippen molar-refractivity contribution in [2.45, 2.75) is 19.4 Å². The number of aryl methyl sites for hydroxylation is 1. The Morgan fingerprint density at radius 2 is 1.96 bits per heavy atom. The molecule has 4 rings (SSSR count). The molecule has 1 amide bonds. The largest absolute Gasteiger partial charge is 0.342 e. The molecule has 0 aliphatic carbocycles. The maximum Gasteiger partial charge on any atom is 0.223 e. The number of hydrogen-bond donors (Lipinski definition) is 1. The number of aromatic amines is 1.